The van der Waals surface area contributed by atoms with Crippen LogP contribution >= 0.6 is 0 Å². The van der Waals surface area contributed by atoms with Crippen molar-refractivity contribution in [3.05, 3.63) is 53.6 Å². The van der Waals surface area contributed by atoms with Gasteiger partial charge in [-0.1, -0.05) is 87.1 Å². The van der Waals surface area contributed by atoms with E-state index in [1.807, 2.05) is 42.5 Å². The van der Waals surface area contributed by atoms with E-state index in [2.05, 4.69) is 55.4 Å². The van der Waals surface area contributed by atoms with Crippen molar-refractivity contribution >= 4 is 11.9 Å². The lowest BCUT2D eigenvalue weighted by molar-refractivity contribution is 0.103. The fourth-order valence-corrected chi connectivity index (χ4v) is 5.41. The van der Waals surface area contributed by atoms with E-state index in [0.29, 0.717) is 17.1 Å². The summed E-state index contributed by atoms with van der Waals surface area (Å²) in [6.07, 6.45) is 15.5. The molecule has 2 aromatic carbocycles. The lowest BCUT2D eigenvalue weighted by atomic mass is 10.1. The van der Waals surface area contributed by atoms with Gasteiger partial charge in [0.15, 0.2) is 17.3 Å². The van der Waals surface area contributed by atoms with Crippen LogP contribution < -0.4 is 18.9 Å². The largest absolute Gasteiger partial charge is 0.490 e. The number of para-hydroxylation sites is 1. The smallest absolute Gasteiger partial charge is 0.189 e. The summed E-state index contributed by atoms with van der Waals surface area (Å²) in [5.41, 5.74) is 1.35. The monoisotopic (exact) mass is 608 g/mol. The van der Waals surface area contributed by atoms with Crippen LogP contribution in [-0.4, -0.2) is 30.2 Å². The lowest BCUT2D eigenvalue weighted by Gasteiger charge is -2.24. The normalized spacial score (nSPS) is 14.2. The number of hydrogen-bond donors (Lipinski definition) is 0. The molecule has 0 aliphatic heterocycles. The first-order valence-electron chi connectivity index (χ1n) is 17.5. The maximum atomic E-state index is 13.9. The minimum Gasteiger partial charge on any atom is -0.490 e. The predicted octanol–water partition coefficient (Wildman–Crippen LogP) is 11.4. The molecule has 0 spiro atoms. The van der Waals surface area contributed by atoms with Gasteiger partial charge in [0, 0.05) is 5.56 Å². The Morgan fingerprint density at radius 1 is 0.614 bits per heavy atom. The van der Waals surface area contributed by atoms with Gasteiger partial charge in [0.2, 0.25) is 0 Å². The van der Waals surface area contributed by atoms with Gasteiger partial charge in [-0.25, -0.2) is 0 Å². The van der Waals surface area contributed by atoms with Crippen LogP contribution in [0.4, 0.5) is 0 Å². The van der Waals surface area contributed by atoms with Gasteiger partial charge in [0.1, 0.15) is 11.5 Å². The van der Waals surface area contributed by atoms with Crippen LogP contribution in [-0.2, 0) is 0 Å². The molecule has 4 unspecified atom stereocenters. The Hall–Kier alpha value is -2.95. The molecule has 0 aliphatic rings. The molecule has 0 aromatic heterocycles. The molecule has 0 saturated carbocycles. The van der Waals surface area contributed by atoms with Gasteiger partial charge in [0.05, 0.1) is 30.0 Å². The van der Waals surface area contributed by atoms with Crippen molar-refractivity contribution in [3.8, 4) is 23.0 Å². The highest BCUT2D eigenvalue weighted by molar-refractivity contribution is 6.09. The van der Waals surface area contributed by atoms with Crippen LogP contribution in [0.2, 0.25) is 0 Å². The summed E-state index contributed by atoms with van der Waals surface area (Å²) in [6.45, 7) is 17.2. The maximum Gasteiger partial charge on any atom is 0.189 e. The molecule has 5 nitrogen and oxygen atoms in total. The molecule has 0 amide bonds. The number of ketones is 1. The zero-order valence-corrected chi connectivity index (χ0v) is 29.0. The van der Waals surface area contributed by atoms with E-state index < -0.39 is 0 Å². The highest BCUT2D eigenvalue weighted by Gasteiger charge is 2.22. The average Bonchev–Trinajstić information content (AvgIpc) is 3.03. The number of carbonyl (C=O) groups excluding carboxylic acids is 1. The highest BCUT2D eigenvalue weighted by Crippen LogP contribution is 2.36. The van der Waals surface area contributed by atoms with E-state index in [0.717, 1.165) is 94.1 Å². The van der Waals surface area contributed by atoms with Crippen molar-refractivity contribution in [2.75, 3.05) is 0 Å². The Kier molecular flexibility index (Phi) is 17.7. The van der Waals surface area contributed by atoms with Gasteiger partial charge in [-0.2, -0.15) is 0 Å². The zero-order chi connectivity index (χ0) is 32.3. The van der Waals surface area contributed by atoms with Crippen molar-refractivity contribution in [3.63, 3.8) is 0 Å². The Bertz CT molecular complexity index is 1120. The molecule has 44 heavy (non-hydrogen) atoms. The van der Waals surface area contributed by atoms with E-state index in [-0.39, 0.29) is 30.2 Å². The second kappa shape index (κ2) is 20.9. The Balaban J connectivity index is 2.52. The molecule has 0 saturated heterocycles. The van der Waals surface area contributed by atoms with E-state index in [1.165, 1.54) is 0 Å². The standard InChI is InChI=1S/C39H60O5/c1-9-18-30(13-5)41-34-25-27-37(42-31(14-6)19-10-2)29(28-34)24-26-36(40)35-22-17-23-38(43-32(15-7)20-11-3)39(35)44-33(16-8)21-12-4/h17,22-28,30-33H,9-16,18-21H2,1-8H3. The van der Waals surface area contributed by atoms with Crippen molar-refractivity contribution in [2.24, 2.45) is 0 Å². The molecule has 0 fully saturated rings. The Labute approximate surface area is 268 Å². The molecule has 0 radical (unpaired) electrons. The van der Waals surface area contributed by atoms with Gasteiger partial charge >= 0.3 is 0 Å². The van der Waals surface area contributed by atoms with Crippen molar-refractivity contribution < 1.29 is 23.7 Å². The Morgan fingerprint density at radius 2 is 1.11 bits per heavy atom. The third kappa shape index (κ3) is 11.9. The second-order valence-corrected chi connectivity index (χ2v) is 11.8. The van der Waals surface area contributed by atoms with Gasteiger partial charge < -0.3 is 18.9 Å². The van der Waals surface area contributed by atoms with E-state index in [1.54, 1.807) is 6.08 Å². The maximum absolute atomic E-state index is 13.9. The molecule has 0 heterocycles. The summed E-state index contributed by atoms with van der Waals surface area (Å²) in [7, 11) is 0. The number of carbonyl (C=O) groups is 1. The van der Waals surface area contributed by atoms with Gasteiger partial charge in [0.25, 0.3) is 0 Å². The van der Waals surface area contributed by atoms with E-state index >= 15 is 0 Å². The molecular weight excluding hydrogens is 548 g/mol. The van der Waals surface area contributed by atoms with E-state index in [9.17, 15) is 4.79 Å². The average molecular weight is 609 g/mol. The van der Waals surface area contributed by atoms with Gasteiger partial charge in [-0.05, 0) is 93.9 Å². The van der Waals surface area contributed by atoms with Crippen molar-refractivity contribution in [2.45, 2.75) is 157 Å². The summed E-state index contributed by atoms with van der Waals surface area (Å²) < 4.78 is 25.8. The lowest BCUT2D eigenvalue weighted by Crippen LogP contribution is -2.20. The summed E-state index contributed by atoms with van der Waals surface area (Å²) in [5, 5.41) is 0. The first-order chi connectivity index (χ1) is 21.4. The minimum absolute atomic E-state index is 0.0135. The van der Waals surface area contributed by atoms with Crippen LogP contribution in [0.15, 0.2) is 42.5 Å². The minimum atomic E-state index is -0.129. The first-order valence-corrected chi connectivity index (χ1v) is 17.5. The number of rotatable bonds is 23. The second-order valence-electron chi connectivity index (χ2n) is 11.8. The van der Waals surface area contributed by atoms with Crippen LogP contribution in [0.25, 0.3) is 6.08 Å². The predicted molar refractivity (Wildman–Crippen MR) is 185 cm³/mol. The van der Waals surface area contributed by atoms with Crippen molar-refractivity contribution in [1.29, 1.82) is 0 Å². The number of hydrogen-bond acceptors (Lipinski definition) is 5. The fraction of sp³-hybridized carbons (Fsp3) is 0.615. The van der Waals surface area contributed by atoms with E-state index in [4.69, 9.17) is 18.9 Å². The van der Waals surface area contributed by atoms with Crippen LogP contribution in [0.5, 0.6) is 23.0 Å². The zero-order valence-electron chi connectivity index (χ0n) is 29.0. The number of ether oxygens (including phenoxy) is 4. The van der Waals surface area contributed by atoms with Gasteiger partial charge in [-0.3, -0.25) is 4.79 Å². The SMILES string of the molecule is CCCC(CC)Oc1ccc(OC(CC)CCC)c(C=CC(=O)c2cccc(OC(CC)CCC)c2OC(CC)CCC)c1. The third-order valence-electron chi connectivity index (χ3n) is 8.08. The summed E-state index contributed by atoms with van der Waals surface area (Å²) in [4.78, 5) is 13.9. The van der Waals surface area contributed by atoms with Gasteiger partial charge in [-0.15, -0.1) is 0 Å². The molecule has 0 aliphatic carbocycles. The van der Waals surface area contributed by atoms with Crippen LogP contribution in [0, 0.1) is 0 Å². The molecule has 4 atom stereocenters. The number of benzene rings is 2. The molecular formula is C39H60O5. The van der Waals surface area contributed by atoms with Crippen LogP contribution in [0.3, 0.4) is 0 Å². The first kappa shape index (κ1) is 37.2. The summed E-state index contributed by atoms with van der Waals surface area (Å²) in [6, 6.07) is 11.6. The molecule has 246 valence electrons. The topological polar surface area (TPSA) is 54.0 Å². The molecule has 2 aromatic rings. The van der Waals surface area contributed by atoms with Crippen LogP contribution in [0.1, 0.15) is 148 Å². The molecule has 0 bridgehead atoms. The third-order valence-corrected chi connectivity index (χ3v) is 8.08. The summed E-state index contributed by atoms with van der Waals surface area (Å²) in [5.74, 6) is 2.61. The fourth-order valence-electron chi connectivity index (χ4n) is 5.41. The number of allylic oxidation sites excluding steroid dienone is 1. The summed E-state index contributed by atoms with van der Waals surface area (Å²) >= 11 is 0. The van der Waals surface area contributed by atoms with Crippen molar-refractivity contribution in [1.82, 2.24) is 0 Å². The molecule has 5 heteroatoms. The Morgan fingerprint density at radius 3 is 1.64 bits per heavy atom. The quantitative estimate of drug-likeness (QED) is 0.0928. The molecule has 2 rings (SSSR count). The molecule has 0 N–H and O–H groups in total. The highest BCUT2D eigenvalue weighted by atomic mass is 16.5.